The van der Waals surface area contributed by atoms with Crippen molar-refractivity contribution in [2.24, 2.45) is 0 Å². The van der Waals surface area contributed by atoms with Crippen LogP contribution in [0.1, 0.15) is 20.7 Å². The fourth-order valence-electron chi connectivity index (χ4n) is 1.99. The number of ketones is 1. The van der Waals surface area contributed by atoms with Gasteiger partial charge >= 0.3 is 11.9 Å². The topological polar surface area (TPSA) is 110 Å². The van der Waals surface area contributed by atoms with E-state index in [4.69, 9.17) is 33.0 Å². The summed E-state index contributed by atoms with van der Waals surface area (Å²) in [5, 5.41) is 11.4. The minimum absolute atomic E-state index is 0.168. The molecule has 0 aromatic heterocycles. The van der Waals surface area contributed by atoms with E-state index in [-0.39, 0.29) is 16.1 Å². The number of halogens is 2. The molecule has 0 radical (unpaired) electrons. The summed E-state index contributed by atoms with van der Waals surface area (Å²) in [4.78, 5) is 45.9. The molecule has 2 rings (SSSR count). The summed E-state index contributed by atoms with van der Waals surface area (Å²) in [6.45, 7) is -0.477. The number of anilines is 1. The monoisotopic (exact) mass is 421 g/mol. The van der Waals surface area contributed by atoms with E-state index in [1.165, 1.54) is 42.5 Å². The Hall–Kier alpha value is -3.16. The average Bonchev–Trinajstić information content (AvgIpc) is 2.67. The maximum absolute atomic E-state index is 12.1. The number of carbonyl (C=O) groups is 4. The number of rotatable bonds is 7. The Morgan fingerprint density at radius 3 is 2.18 bits per heavy atom. The molecule has 0 aliphatic carbocycles. The first-order valence-corrected chi connectivity index (χ1v) is 8.49. The molecule has 144 valence electrons. The smallest absolute Gasteiger partial charge is 0.338 e. The highest BCUT2D eigenvalue weighted by molar-refractivity contribution is 6.42. The molecule has 0 aliphatic heterocycles. The van der Waals surface area contributed by atoms with Crippen molar-refractivity contribution in [1.82, 2.24) is 0 Å². The van der Waals surface area contributed by atoms with Gasteiger partial charge in [-0.3, -0.25) is 9.59 Å². The Bertz CT molecular complexity index is 953. The van der Waals surface area contributed by atoms with E-state index in [0.717, 1.165) is 6.08 Å². The van der Waals surface area contributed by atoms with Crippen LogP contribution in [-0.4, -0.2) is 35.3 Å². The Morgan fingerprint density at radius 2 is 1.57 bits per heavy atom. The van der Waals surface area contributed by atoms with E-state index >= 15 is 0 Å². The predicted octanol–water partition coefficient (Wildman–Crippen LogP) is 3.61. The quantitative estimate of drug-likeness (QED) is 0.401. The van der Waals surface area contributed by atoms with Crippen molar-refractivity contribution in [1.29, 1.82) is 0 Å². The van der Waals surface area contributed by atoms with Gasteiger partial charge in [0.1, 0.15) is 0 Å². The van der Waals surface area contributed by atoms with Crippen LogP contribution in [-0.2, 0) is 14.3 Å². The van der Waals surface area contributed by atoms with Crippen molar-refractivity contribution in [3.05, 3.63) is 75.8 Å². The van der Waals surface area contributed by atoms with Gasteiger partial charge in [-0.1, -0.05) is 23.2 Å². The number of Topliss-reactive ketones (excluding diaryl/α,β-unsaturated/α-hetero) is 1. The van der Waals surface area contributed by atoms with Crippen LogP contribution < -0.4 is 5.32 Å². The molecule has 0 saturated carbocycles. The van der Waals surface area contributed by atoms with Gasteiger partial charge in [-0.05, 0) is 42.5 Å². The number of hydrogen-bond donors (Lipinski definition) is 2. The van der Waals surface area contributed by atoms with Crippen molar-refractivity contribution in [2.45, 2.75) is 0 Å². The Balaban J connectivity index is 1.92. The molecule has 0 aliphatic rings. The molecule has 2 aromatic rings. The first-order valence-electron chi connectivity index (χ1n) is 7.73. The second-order valence-corrected chi connectivity index (χ2v) is 6.18. The fourth-order valence-corrected chi connectivity index (χ4v) is 2.29. The van der Waals surface area contributed by atoms with E-state index in [0.29, 0.717) is 16.8 Å². The minimum Gasteiger partial charge on any atom is -0.478 e. The van der Waals surface area contributed by atoms with Crippen LogP contribution in [0.5, 0.6) is 0 Å². The summed E-state index contributed by atoms with van der Waals surface area (Å²) in [6.07, 6.45) is 1.56. The normalized spacial score (nSPS) is 10.5. The van der Waals surface area contributed by atoms with Crippen LogP contribution in [0.2, 0.25) is 10.0 Å². The van der Waals surface area contributed by atoms with Crippen molar-refractivity contribution in [3.63, 3.8) is 0 Å². The molecule has 0 unspecified atom stereocenters. The highest BCUT2D eigenvalue weighted by Crippen LogP contribution is 2.22. The van der Waals surface area contributed by atoms with Crippen LogP contribution >= 0.6 is 23.2 Å². The molecular formula is C19H13Cl2NO6. The van der Waals surface area contributed by atoms with Crippen LogP contribution in [0.4, 0.5) is 5.69 Å². The molecule has 0 atom stereocenters. The van der Waals surface area contributed by atoms with Crippen LogP contribution in [0.15, 0.2) is 54.6 Å². The van der Waals surface area contributed by atoms with Crippen molar-refractivity contribution >= 4 is 52.5 Å². The number of amides is 1. The number of carboxylic acid groups (broad SMARTS) is 1. The van der Waals surface area contributed by atoms with Gasteiger partial charge in [0.15, 0.2) is 12.4 Å². The third-order valence-corrected chi connectivity index (χ3v) is 4.08. The molecular weight excluding hydrogens is 409 g/mol. The molecule has 2 aromatic carbocycles. The van der Waals surface area contributed by atoms with E-state index in [1.54, 1.807) is 0 Å². The number of benzene rings is 2. The molecule has 2 N–H and O–H groups in total. The van der Waals surface area contributed by atoms with Crippen LogP contribution in [0, 0.1) is 0 Å². The lowest BCUT2D eigenvalue weighted by molar-refractivity contribution is -0.131. The SMILES string of the molecule is O=C(O)/C=C/C(=O)Nc1ccc(C(=O)OCC(=O)c2ccc(Cl)c(Cl)c2)cc1. The first kappa shape index (κ1) is 21.1. The second kappa shape index (κ2) is 9.68. The third kappa shape index (κ3) is 6.22. The molecule has 0 fully saturated rings. The van der Waals surface area contributed by atoms with Gasteiger partial charge in [0.05, 0.1) is 15.6 Å². The van der Waals surface area contributed by atoms with Gasteiger partial charge in [-0.25, -0.2) is 9.59 Å². The largest absolute Gasteiger partial charge is 0.478 e. The summed E-state index contributed by atoms with van der Waals surface area (Å²) in [5.41, 5.74) is 0.777. The van der Waals surface area contributed by atoms with Gasteiger partial charge < -0.3 is 15.2 Å². The molecule has 0 saturated heterocycles. The first-order chi connectivity index (χ1) is 13.3. The van der Waals surface area contributed by atoms with E-state index in [1.807, 2.05) is 0 Å². The third-order valence-electron chi connectivity index (χ3n) is 3.34. The standard InChI is InChI=1S/C19H13Cl2NO6/c20-14-6-3-12(9-15(14)21)16(23)10-28-19(27)11-1-4-13(5-2-11)22-17(24)7-8-18(25)26/h1-9H,10H2,(H,22,24)(H,25,26)/b8-7+. The number of hydrogen-bond acceptors (Lipinski definition) is 5. The van der Waals surface area contributed by atoms with E-state index in [2.05, 4.69) is 5.32 Å². The fraction of sp³-hybridized carbons (Fsp3) is 0.0526. The lowest BCUT2D eigenvalue weighted by atomic mass is 10.1. The molecule has 0 heterocycles. The van der Waals surface area contributed by atoms with E-state index in [9.17, 15) is 19.2 Å². The Morgan fingerprint density at radius 1 is 0.929 bits per heavy atom. The zero-order valence-electron chi connectivity index (χ0n) is 14.1. The van der Waals surface area contributed by atoms with Gasteiger partial charge in [0.2, 0.25) is 5.91 Å². The molecule has 9 heteroatoms. The van der Waals surface area contributed by atoms with Gasteiger partial charge in [-0.2, -0.15) is 0 Å². The zero-order valence-corrected chi connectivity index (χ0v) is 15.7. The predicted molar refractivity (Wildman–Crippen MR) is 103 cm³/mol. The highest BCUT2D eigenvalue weighted by atomic mass is 35.5. The van der Waals surface area contributed by atoms with Gasteiger partial charge in [0, 0.05) is 23.4 Å². The summed E-state index contributed by atoms with van der Waals surface area (Å²) in [6, 6.07) is 9.98. The Kier molecular flexibility index (Phi) is 7.31. The van der Waals surface area contributed by atoms with Crippen molar-refractivity contribution < 1.29 is 29.0 Å². The van der Waals surface area contributed by atoms with Crippen molar-refractivity contribution in [2.75, 3.05) is 11.9 Å². The lowest BCUT2D eigenvalue weighted by Gasteiger charge is -2.07. The summed E-state index contributed by atoms with van der Waals surface area (Å²) in [5.74, 6) is -3.05. The molecule has 1 amide bonds. The minimum atomic E-state index is -1.25. The zero-order chi connectivity index (χ0) is 20.7. The number of esters is 1. The number of ether oxygens (including phenoxy) is 1. The molecule has 0 spiro atoms. The summed E-state index contributed by atoms with van der Waals surface area (Å²) >= 11 is 11.6. The molecule has 28 heavy (non-hydrogen) atoms. The van der Waals surface area contributed by atoms with Gasteiger partial charge in [0.25, 0.3) is 0 Å². The highest BCUT2D eigenvalue weighted by Gasteiger charge is 2.13. The van der Waals surface area contributed by atoms with Gasteiger partial charge in [-0.15, -0.1) is 0 Å². The van der Waals surface area contributed by atoms with E-state index < -0.39 is 30.2 Å². The van der Waals surface area contributed by atoms with Crippen molar-refractivity contribution in [3.8, 4) is 0 Å². The molecule has 7 nitrogen and oxygen atoms in total. The average molecular weight is 422 g/mol. The maximum Gasteiger partial charge on any atom is 0.338 e. The molecule has 0 bridgehead atoms. The second-order valence-electron chi connectivity index (χ2n) is 5.37. The maximum atomic E-state index is 12.1. The van der Waals surface area contributed by atoms with Crippen LogP contribution in [0.25, 0.3) is 0 Å². The summed E-state index contributed by atoms with van der Waals surface area (Å²) < 4.78 is 4.97. The van der Waals surface area contributed by atoms with Crippen LogP contribution in [0.3, 0.4) is 0 Å². The summed E-state index contributed by atoms with van der Waals surface area (Å²) in [7, 11) is 0. The lowest BCUT2D eigenvalue weighted by Crippen LogP contribution is -2.14. The number of aliphatic carboxylic acids is 1. The number of carboxylic acids is 1. The Labute approximate surface area is 169 Å². The number of carbonyl (C=O) groups excluding carboxylic acids is 3. The number of nitrogens with one attached hydrogen (secondary N) is 1.